The first-order valence-electron chi connectivity index (χ1n) is 6.33. The molecule has 0 aliphatic heterocycles. The van der Waals surface area contributed by atoms with Crippen LogP contribution < -0.4 is 0 Å². The van der Waals surface area contributed by atoms with Gasteiger partial charge < -0.3 is 0 Å². The van der Waals surface area contributed by atoms with Crippen LogP contribution in [0.1, 0.15) is 17.5 Å². The van der Waals surface area contributed by atoms with Crippen molar-refractivity contribution in [1.82, 2.24) is 0 Å². The van der Waals surface area contributed by atoms with E-state index in [2.05, 4.69) is 0 Å². The first-order chi connectivity index (χ1) is 10.8. The van der Waals surface area contributed by atoms with E-state index in [0.29, 0.717) is 6.07 Å². The zero-order valence-electron chi connectivity index (χ0n) is 11.9. The van der Waals surface area contributed by atoms with E-state index in [1.165, 1.54) is 6.07 Å². The maximum absolute atomic E-state index is 12.6. The number of hydrogen-bond donors (Lipinski definition) is 0. The van der Waals surface area contributed by atoms with Crippen molar-refractivity contribution in [2.75, 3.05) is 5.75 Å². The summed E-state index contributed by atoms with van der Waals surface area (Å²) < 4.78 is 98.0. The predicted molar refractivity (Wildman–Crippen MR) is 76.6 cm³/mol. The fraction of sp³-hybridized carbons (Fsp3) is 0.462. The Labute approximate surface area is 138 Å². The molecule has 0 radical (unpaired) electrons. The number of rotatable bonds is 6. The maximum atomic E-state index is 12.6. The molecule has 1 unspecified atom stereocenters. The number of halogens is 6. The van der Waals surface area contributed by atoms with E-state index >= 15 is 0 Å². The van der Waals surface area contributed by atoms with Gasteiger partial charge >= 0.3 is 11.7 Å². The Balaban J connectivity index is 2.86. The summed E-state index contributed by atoms with van der Waals surface area (Å²) >= 11 is -0.459. The third-order valence-corrected chi connectivity index (χ3v) is 5.56. The highest BCUT2D eigenvalue weighted by Gasteiger charge is 2.33. The van der Waals surface area contributed by atoms with Crippen LogP contribution in [-0.4, -0.2) is 24.9 Å². The number of nitriles is 1. The summed E-state index contributed by atoms with van der Waals surface area (Å²) in [5.41, 5.74) is -5.78. The van der Waals surface area contributed by atoms with Gasteiger partial charge in [0.05, 0.1) is 17.4 Å². The summed E-state index contributed by atoms with van der Waals surface area (Å²) in [4.78, 5) is 0. The number of alkyl halides is 6. The fourth-order valence-corrected chi connectivity index (χ4v) is 3.99. The molecule has 134 valence electrons. The van der Waals surface area contributed by atoms with Crippen molar-refractivity contribution in [3.63, 3.8) is 0 Å². The quantitative estimate of drug-likeness (QED) is 0.684. The standard InChI is InChI=1S/C13H11F6NO2S2/c14-12(15,16)10-3-1-2-9(6-10)8-24(21,22)11(7-20)4-5-23-13(17,18)19/h1-3,6,11H,4-5,8H2. The minimum atomic E-state index is -4.66. The van der Waals surface area contributed by atoms with E-state index in [1.54, 1.807) is 0 Å². The fourth-order valence-electron chi connectivity index (χ4n) is 1.78. The van der Waals surface area contributed by atoms with Crippen LogP contribution in [0.5, 0.6) is 0 Å². The normalized spacial score (nSPS) is 14.2. The topological polar surface area (TPSA) is 57.9 Å². The van der Waals surface area contributed by atoms with Gasteiger partial charge in [0.2, 0.25) is 0 Å². The molecule has 0 spiro atoms. The third kappa shape index (κ3) is 6.60. The highest BCUT2D eigenvalue weighted by molar-refractivity contribution is 8.00. The van der Waals surface area contributed by atoms with Gasteiger partial charge in [0, 0.05) is 5.75 Å². The minimum absolute atomic E-state index is 0.187. The Morgan fingerprint density at radius 3 is 2.29 bits per heavy atom. The van der Waals surface area contributed by atoms with Crippen LogP contribution in [0.15, 0.2) is 24.3 Å². The summed E-state index contributed by atoms with van der Waals surface area (Å²) in [5, 5.41) is 7.13. The largest absolute Gasteiger partial charge is 0.441 e. The molecule has 0 N–H and O–H groups in total. The van der Waals surface area contributed by atoms with Gasteiger partial charge in [-0.1, -0.05) is 30.0 Å². The van der Waals surface area contributed by atoms with E-state index in [4.69, 9.17) is 5.26 Å². The maximum Gasteiger partial charge on any atom is 0.441 e. The van der Waals surface area contributed by atoms with Crippen molar-refractivity contribution in [3.8, 4) is 6.07 Å². The number of thioether (sulfide) groups is 1. The summed E-state index contributed by atoms with van der Waals surface area (Å²) in [5.74, 6) is -1.49. The molecule has 0 aliphatic rings. The summed E-state index contributed by atoms with van der Waals surface area (Å²) in [6.07, 6.45) is -5.22. The highest BCUT2D eigenvalue weighted by Crippen LogP contribution is 2.32. The lowest BCUT2D eigenvalue weighted by Crippen LogP contribution is -2.23. The van der Waals surface area contributed by atoms with Crippen LogP contribution >= 0.6 is 11.8 Å². The molecule has 0 amide bonds. The molecule has 1 rings (SSSR count). The number of sulfone groups is 1. The van der Waals surface area contributed by atoms with E-state index in [0.717, 1.165) is 18.2 Å². The van der Waals surface area contributed by atoms with Crippen LogP contribution in [0.3, 0.4) is 0 Å². The molecular formula is C13H11F6NO2S2. The molecule has 1 aromatic rings. The molecule has 1 aromatic carbocycles. The Hall–Kier alpha value is -1.41. The van der Waals surface area contributed by atoms with E-state index in [9.17, 15) is 34.8 Å². The summed E-state index contributed by atoms with van der Waals surface area (Å²) in [6, 6.07) is 4.97. The van der Waals surface area contributed by atoms with E-state index in [-0.39, 0.29) is 5.56 Å². The molecule has 24 heavy (non-hydrogen) atoms. The highest BCUT2D eigenvalue weighted by atomic mass is 32.2. The zero-order chi connectivity index (χ0) is 18.6. The number of hydrogen-bond acceptors (Lipinski definition) is 4. The molecule has 1 atom stereocenters. The monoisotopic (exact) mass is 391 g/mol. The molecule has 11 heteroatoms. The second-order valence-electron chi connectivity index (χ2n) is 4.71. The van der Waals surface area contributed by atoms with Gasteiger partial charge in [-0.25, -0.2) is 8.42 Å². The average Bonchev–Trinajstić information content (AvgIpc) is 2.41. The lowest BCUT2D eigenvalue weighted by atomic mass is 10.1. The molecule has 0 fully saturated rings. The molecule has 0 aliphatic carbocycles. The van der Waals surface area contributed by atoms with Gasteiger partial charge in [-0.05, 0) is 18.1 Å². The molecule has 0 aromatic heterocycles. The first-order valence-corrected chi connectivity index (χ1v) is 9.03. The minimum Gasteiger partial charge on any atom is -0.227 e. The van der Waals surface area contributed by atoms with Gasteiger partial charge in [0.1, 0.15) is 5.25 Å². The van der Waals surface area contributed by atoms with Crippen LogP contribution in [0.4, 0.5) is 26.3 Å². The number of nitrogens with zero attached hydrogens (tertiary/aromatic N) is 1. The van der Waals surface area contributed by atoms with Crippen molar-refractivity contribution in [3.05, 3.63) is 35.4 Å². The lowest BCUT2D eigenvalue weighted by molar-refractivity contribution is -0.137. The lowest BCUT2D eigenvalue weighted by Gasteiger charge is -2.13. The van der Waals surface area contributed by atoms with E-state index in [1.807, 2.05) is 0 Å². The van der Waals surface area contributed by atoms with Crippen LogP contribution in [-0.2, 0) is 21.8 Å². The molecule has 0 saturated heterocycles. The van der Waals surface area contributed by atoms with Crippen molar-refractivity contribution in [2.45, 2.75) is 29.1 Å². The average molecular weight is 391 g/mol. The first kappa shape index (κ1) is 20.6. The van der Waals surface area contributed by atoms with Crippen molar-refractivity contribution >= 4 is 21.6 Å². The third-order valence-electron chi connectivity index (χ3n) is 2.85. The van der Waals surface area contributed by atoms with Gasteiger partial charge in [-0.2, -0.15) is 31.6 Å². The van der Waals surface area contributed by atoms with Gasteiger partial charge in [0.15, 0.2) is 9.84 Å². The molecular weight excluding hydrogens is 380 g/mol. The Kier molecular flexibility index (Phi) is 6.58. The van der Waals surface area contributed by atoms with Crippen molar-refractivity contribution < 1.29 is 34.8 Å². The summed E-state index contributed by atoms with van der Waals surface area (Å²) in [6.45, 7) is 0. The molecule has 0 heterocycles. The second kappa shape index (κ2) is 7.65. The van der Waals surface area contributed by atoms with Crippen LogP contribution in [0.25, 0.3) is 0 Å². The second-order valence-corrected chi connectivity index (χ2v) is 8.05. The molecule has 0 saturated carbocycles. The smallest absolute Gasteiger partial charge is 0.227 e. The zero-order valence-corrected chi connectivity index (χ0v) is 13.5. The Morgan fingerprint density at radius 1 is 1.17 bits per heavy atom. The SMILES string of the molecule is N#CC(CCSC(F)(F)F)S(=O)(=O)Cc1cccc(C(F)(F)F)c1. The predicted octanol–water partition coefficient (Wildman–Crippen LogP) is 4.16. The molecule has 0 bridgehead atoms. The van der Waals surface area contributed by atoms with Gasteiger partial charge in [0.25, 0.3) is 0 Å². The van der Waals surface area contributed by atoms with Crippen LogP contribution in [0.2, 0.25) is 0 Å². The molecule has 3 nitrogen and oxygen atoms in total. The van der Waals surface area contributed by atoms with Gasteiger partial charge in [-0.15, -0.1) is 0 Å². The summed E-state index contributed by atoms with van der Waals surface area (Å²) in [7, 11) is -4.21. The Morgan fingerprint density at radius 2 is 1.79 bits per heavy atom. The van der Waals surface area contributed by atoms with Crippen molar-refractivity contribution in [2.24, 2.45) is 0 Å². The van der Waals surface area contributed by atoms with Crippen molar-refractivity contribution in [1.29, 1.82) is 5.26 Å². The number of benzene rings is 1. The Bertz CT molecular complexity index is 706. The van der Waals surface area contributed by atoms with E-state index < -0.39 is 62.0 Å². The van der Waals surface area contributed by atoms with Crippen LogP contribution in [0, 0.1) is 11.3 Å². The van der Waals surface area contributed by atoms with Gasteiger partial charge in [-0.3, -0.25) is 0 Å².